The second-order valence-electron chi connectivity index (χ2n) is 4.75. The molecule has 0 atom stereocenters. The number of carbonyl (C=O) groups is 1. The highest BCUT2D eigenvalue weighted by Gasteiger charge is 2.34. The number of ether oxygens (including phenoxy) is 2. The summed E-state index contributed by atoms with van der Waals surface area (Å²) in [5.74, 6) is -1.75. The average molecular weight is 355 g/mol. The molecule has 9 heteroatoms. The van der Waals surface area contributed by atoms with E-state index in [-0.39, 0.29) is 17.9 Å². The molecule has 2 aromatic rings. The minimum Gasteiger partial charge on any atom is -0.462 e. The number of alkyl halides is 3. The Morgan fingerprint density at radius 1 is 1.16 bits per heavy atom. The van der Waals surface area contributed by atoms with Gasteiger partial charge in [0.2, 0.25) is 0 Å². The first-order chi connectivity index (χ1) is 11.7. The molecule has 0 saturated heterocycles. The standard InChI is InChI=1S/C16H12F3NO5/c1-2-24-15(21)11-9-10(20(22)23)7-8-13(11)25-14-6-4-3-5-12(14)16(17,18)19/h3-9H,2H2,1H3. The van der Waals surface area contributed by atoms with Crippen LogP contribution in [0.4, 0.5) is 18.9 Å². The number of rotatable bonds is 5. The summed E-state index contributed by atoms with van der Waals surface area (Å²) in [6, 6.07) is 7.40. The van der Waals surface area contributed by atoms with Gasteiger partial charge in [0.15, 0.2) is 0 Å². The molecule has 25 heavy (non-hydrogen) atoms. The molecule has 2 aromatic carbocycles. The molecule has 0 fully saturated rings. The predicted octanol–water partition coefficient (Wildman–Crippen LogP) is 4.58. The van der Waals surface area contributed by atoms with Gasteiger partial charge in [-0.2, -0.15) is 13.2 Å². The smallest absolute Gasteiger partial charge is 0.419 e. The van der Waals surface area contributed by atoms with E-state index in [1.807, 2.05) is 0 Å². The monoisotopic (exact) mass is 355 g/mol. The predicted molar refractivity (Wildman–Crippen MR) is 80.6 cm³/mol. The van der Waals surface area contributed by atoms with Crippen molar-refractivity contribution in [1.29, 1.82) is 0 Å². The van der Waals surface area contributed by atoms with Crippen LogP contribution in [0.15, 0.2) is 42.5 Å². The Morgan fingerprint density at radius 3 is 2.44 bits per heavy atom. The summed E-state index contributed by atoms with van der Waals surface area (Å²) in [7, 11) is 0. The quantitative estimate of drug-likeness (QED) is 0.445. The van der Waals surface area contributed by atoms with Crippen molar-refractivity contribution in [3.8, 4) is 11.5 Å². The first kappa shape index (κ1) is 18.2. The third-order valence-corrected chi connectivity index (χ3v) is 3.08. The van der Waals surface area contributed by atoms with Crippen LogP contribution in [0.1, 0.15) is 22.8 Å². The molecule has 0 aliphatic heterocycles. The third kappa shape index (κ3) is 4.25. The van der Waals surface area contributed by atoms with Crippen molar-refractivity contribution in [3.63, 3.8) is 0 Å². The SMILES string of the molecule is CCOC(=O)c1cc([N+](=O)[O-])ccc1Oc1ccccc1C(F)(F)F. The maximum atomic E-state index is 13.0. The molecule has 2 rings (SSSR count). The number of nitrogens with zero attached hydrogens (tertiary/aromatic N) is 1. The average Bonchev–Trinajstić information content (AvgIpc) is 2.54. The van der Waals surface area contributed by atoms with E-state index in [4.69, 9.17) is 9.47 Å². The topological polar surface area (TPSA) is 78.7 Å². The van der Waals surface area contributed by atoms with E-state index in [0.717, 1.165) is 30.3 Å². The molecule has 0 unspecified atom stereocenters. The normalized spacial score (nSPS) is 11.0. The van der Waals surface area contributed by atoms with Crippen LogP contribution in [0.3, 0.4) is 0 Å². The number of carbonyl (C=O) groups excluding carboxylic acids is 1. The van der Waals surface area contributed by atoms with Crippen LogP contribution in [0.5, 0.6) is 11.5 Å². The van der Waals surface area contributed by atoms with Gasteiger partial charge in [0.25, 0.3) is 5.69 Å². The van der Waals surface area contributed by atoms with Gasteiger partial charge in [-0.05, 0) is 25.1 Å². The van der Waals surface area contributed by atoms with E-state index in [2.05, 4.69) is 0 Å². The first-order valence-corrected chi connectivity index (χ1v) is 7.03. The van der Waals surface area contributed by atoms with E-state index in [1.54, 1.807) is 0 Å². The molecule has 132 valence electrons. The Balaban J connectivity index is 2.50. The summed E-state index contributed by atoms with van der Waals surface area (Å²) < 4.78 is 49.1. The van der Waals surface area contributed by atoms with Crippen molar-refractivity contribution in [1.82, 2.24) is 0 Å². The van der Waals surface area contributed by atoms with Crippen molar-refractivity contribution in [2.24, 2.45) is 0 Å². The molecular formula is C16H12F3NO5. The lowest BCUT2D eigenvalue weighted by atomic mass is 10.1. The van der Waals surface area contributed by atoms with Crippen LogP contribution in [0.2, 0.25) is 0 Å². The molecule has 0 N–H and O–H groups in total. The lowest BCUT2D eigenvalue weighted by Gasteiger charge is -2.15. The van der Waals surface area contributed by atoms with E-state index < -0.39 is 34.1 Å². The van der Waals surface area contributed by atoms with E-state index in [0.29, 0.717) is 0 Å². The fourth-order valence-electron chi connectivity index (χ4n) is 2.00. The Kier molecular flexibility index (Phi) is 5.26. The lowest BCUT2D eigenvalue weighted by Crippen LogP contribution is -2.10. The number of benzene rings is 2. The van der Waals surface area contributed by atoms with Crippen LogP contribution in [-0.4, -0.2) is 17.5 Å². The maximum absolute atomic E-state index is 13.0. The van der Waals surface area contributed by atoms with Gasteiger partial charge < -0.3 is 9.47 Å². The molecular weight excluding hydrogens is 343 g/mol. The molecule has 0 aliphatic rings. The fraction of sp³-hybridized carbons (Fsp3) is 0.188. The van der Waals surface area contributed by atoms with Crippen molar-refractivity contribution in [3.05, 3.63) is 63.7 Å². The van der Waals surface area contributed by atoms with Crippen molar-refractivity contribution < 1.29 is 32.4 Å². The number of para-hydroxylation sites is 1. The zero-order valence-electron chi connectivity index (χ0n) is 12.9. The molecule has 6 nitrogen and oxygen atoms in total. The summed E-state index contributed by atoms with van der Waals surface area (Å²) in [5.41, 5.74) is -1.80. The summed E-state index contributed by atoms with van der Waals surface area (Å²) >= 11 is 0. The van der Waals surface area contributed by atoms with Crippen molar-refractivity contribution >= 4 is 11.7 Å². The Morgan fingerprint density at radius 2 is 1.84 bits per heavy atom. The summed E-state index contributed by atoms with van der Waals surface area (Å²) in [6.45, 7) is 1.51. The van der Waals surface area contributed by atoms with E-state index in [1.165, 1.54) is 19.1 Å². The molecule has 0 bridgehead atoms. The van der Waals surface area contributed by atoms with Gasteiger partial charge in [-0.15, -0.1) is 0 Å². The number of non-ortho nitro benzene ring substituents is 1. The van der Waals surface area contributed by atoms with Gasteiger partial charge >= 0.3 is 12.1 Å². The Labute approximate surface area is 139 Å². The minimum atomic E-state index is -4.67. The molecule has 0 spiro atoms. The van der Waals surface area contributed by atoms with Gasteiger partial charge in [-0.1, -0.05) is 12.1 Å². The first-order valence-electron chi connectivity index (χ1n) is 7.03. The number of nitro groups is 1. The van der Waals surface area contributed by atoms with Crippen LogP contribution in [0, 0.1) is 10.1 Å². The molecule has 0 amide bonds. The second kappa shape index (κ2) is 7.20. The lowest BCUT2D eigenvalue weighted by molar-refractivity contribution is -0.384. The molecule has 0 aromatic heterocycles. The number of halogens is 3. The molecule has 0 aliphatic carbocycles. The summed E-state index contributed by atoms with van der Waals surface area (Å²) in [5, 5.41) is 10.9. The van der Waals surface area contributed by atoms with E-state index >= 15 is 0 Å². The molecule has 0 radical (unpaired) electrons. The summed E-state index contributed by atoms with van der Waals surface area (Å²) in [6.07, 6.45) is -4.67. The number of hydrogen-bond acceptors (Lipinski definition) is 5. The zero-order valence-corrected chi connectivity index (χ0v) is 12.9. The highest BCUT2D eigenvalue weighted by molar-refractivity contribution is 5.93. The van der Waals surface area contributed by atoms with Crippen molar-refractivity contribution in [2.75, 3.05) is 6.61 Å². The second-order valence-corrected chi connectivity index (χ2v) is 4.75. The van der Waals surface area contributed by atoms with Crippen LogP contribution < -0.4 is 4.74 Å². The number of esters is 1. The van der Waals surface area contributed by atoms with Crippen LogP contribution >= 0.6 is 0 Å². The minimum absolute atomic E-state index is 0.0138. The highest BCUT2D eigenvalue weighted by Crippen LogP contribution is 2.39. The van der Waals surface area contributed by atoms with Crippen molar-refractivity contribution in [2.45, 2.75) is 13.1 Å². The Hall–Kier alpha value is -3.10. The maximum Gasteiger partial charge on any atom is 0.419 e. The largest absolute Gasteiger partial charge is 0.462 e. The van der Waals surface area contributed by atoms with Gasteiger partial charge in [0, 0.05) is 12.1 Å². The van der Waals surface area contributed by atoms with Gasteiger partial charge in [0.05, 0.1) is 17.1 Å². The Bertz CT molecular complexity index is 805. The van der Waals surface area contributed by atoms with Gasteiger partial charge in [-0.3, -0.25) is 10.1 Å². The fourth-order valence-corrected chi connectivity index (χ4v) is 2.00. The van der Waals surface area contributed by atoms with Crippen LogP contribution in [-0.2, 0) is 10.9 Å². The summed E-state index contributed by atoms with van der Waals surface area (Å²) in [4.78, 5) is 22.1. The molecule has 0 saturated carbocycles. The zero-order chi connectivity index (χ0) is 18.6. The highest BCUT2D eigenvalue weighted by atomic mass is 19.4. The third-order valence-electron chi connectivity index (χ3n) is 3.08. The number of nitro benzene ring substituents is 1. The van der Waals surface area contributed by atoms with Crippen LogP contribution in [0.25, 0.3) is 0 Å². The van der Waals surface area contributed by atoms with Gasteiger partial charge in [0.1, 0.15) is 17.1 Å². The molecule has 0 heterocycles. The van der Waals surface area contributed by atoms with Gasteiger partial charge in [-0.25, -0.2) is 4.79 Å². The number of hydrogen-bond donors (Lipinski definition) is 0. The van der Waals surface area contributed by atoms with E-state index in [9.17, 15) is 28.1 Å².